The fourth-order valence-corrected chi connectivity index (χ4v) is 3.50. The van der Waals surface area contributed by atoms with Crippen molar-refractivity contribution >= 4 is 10.8 Å². The van der Waals surface area contributed by atoms with Gasteiger partial charge in [-0.3, -0.25) is 4.21 Å². The van der Waals surface area contributed by atoms with Crippen LogP contribution in [0.15, 0.2) is 35.2 Å². The Hall–Kier alpha value is 4.94. The zero-order valence-corrected chi connectivity index (χ0v) is 33.6. The maximum absolute atomic E-state index is 12.1. The molecule has 6 nitrogen and oxygen atoms in total. The second-order valence-electron chi connectivity index (χ2n) is 5.05. The van der Waals surface area contributed by atoms with E-state index in [1.54, 1.807) is 24.3 Å². The van der Waals surface area contributed by atoms with Gasteiger partial charge in [0.2, 0.25) is 0 Å². The number of aliphatic hydroxyl groups excluding tert-OH is 3. The van der Waals surface area contributed by atoms with Gasteiger partial charge in [0.15, 0.2) is 0 Å². The summed E-state index contributed by atoms with van der Waals surface area (Å²) in [6.07, 6.45) is -3.79. The molecule has 1 saturated heterocycles. The van der Waals surface area contributed by atoms with Crippen LogP contribution in [0.3, 0.4) is 0 Å². The summed E-state index contributed by atoms with van der Waals surface area (Å²) < 4.78 is 17.6. The van der Waals surface area contributed by atoms with Gasteiger partial charge in [-0.15, -0.1) is 0 Å². The van der Waals surface area contributed by atoms with Crippen molar-refractivity contribution in [3.8, 4) is 0 Å². The second kappa shape index (κ2) is 18.5. The first kappa shape index (κ1) is 34.5. The number of rotatable bonds is 5. The van der Waals surface area contributed by atoms with Gasteiger partial charge in [0.25, 0.3) is 0 Å². The van der Waals surface area contributed by atoms with Crippen LogP contribution in [0.5, 0.6) is 0 Å². The Kier molecular flexibility index (Phi) is 25.6. The molecule has 0 saturated carbocycles. The molecule has 130 valence electrons. The van der Waals surface area contributed by atoms with E-state index in [9.17, 15) is 14.4 Å². The largest absolute Gasteiger partial charge is 0.670 e. The summed E-state index contributed by atoms with van der Waals surface area (Å²) in [7, 11) is -1.20. The van der Waals surface area contributed by atoms with E-state index in [1.807, 2.05) is 6.07 Å². The molecule has 0 bridgehead atoms. The molecule has 2 rings (SSSR count). The summed E-state index contributed by atoms with van der Waals surface area (Å²) in [4.78, 5) is 0.703. The topological polar surface area (TPSA) is 111 Å². The van der Waals surface area contributed by atoms with E-state index >= 15 is 0 Å². The Bertz CT molecular complexity index is 486. The van der Waals surface area contributed by atoms with Crippen molar-refractivity contribution in [1.82, 2.24) is 0 Å². The second-order valence-corrected chi connectivity index (χ2v) is 6.62. The molecule has 1 aromatic carbocycles. The van der Waals surface area contributed by atoms with E-state index in [-0.39, 0.29) is 176 Å². The molecule has 5 unspecified atom stereocenters. The van der Waals surface area contributed by atoms with Crippen molar-refractivity contribution in [2.45, 2.75) is 41.8 Å². The van der Waals surface area contributed by atoms with Crippen molar-refractivity contribution in [1.29, 1.82) is 0 Å². The van der Waals surface area contributed by atoms with Gasteiger partial charge in [0, 0.05) is 193 Å². The molecule has 0 aromatic heterocycles. The number of nitrogens with one attached hydrogen (secondary N) is 1. The molecule has 1 aliphatic heterocycles. The summed E-state index contributed by atoms with van der Waals surface area (Å²) in [5, 5.41) is 28.6. The Labute approximate surface area is 294 Å². The maximum Gasteiger partial charge on any atom is 0.109 e. The summed E-state index contributed by atoms with van der Waals surface area (Å²) >= 11 is 0. The van der Waals surface area contributed by atoms with Gasteiger partial charge in [0.1, 0.15) is 12.2 Å². The van der Waals surface area contributed by atoms with Crippen molar-refractivity contribution in [2.24, 2.45) is 0 Å². The molecule has 1 aliphatic rings. The van der Waals surface area contributed by atoms with Gasteiger partial charge in [-0.05, 0) is 18.6 Å². The smallest absolute Gasteiger partial charge is 0.109 e. The molecule has 1 aromatic rings. The van der Waals surface area contributed by atoms with E-state index in [2.05, 4.69) is 0 Å². The van der Waals surface area contributed by atoms with E-state index < -0.39 is 47.9 Å². The van der Waals surface area contributed by atoms with Crippen molar-refractivity contribution in [2.75, 3.05) is 12.4 Å². The first-order valence-electron chi connectivity index (χ1n) is 6.81. The van der Waals surface area contributed by atoms with Crippen LogP contribution in [0.1, 0.15) is 6.42 Å². The fraction of sp³-hybridized carbons (Fsp3) is 0.571. The van der Waals surface area contributed by atoms with Crippen LogP contribution in [-0.4, -0.2) is 62.3 Å². The summed E-state index contributed by atoms with van der Waals surface area (Å²) in [5.41, 5.74) is 7.86. The molecule has 1 fully saturated rings. The zero-order chi connectivity index (χ0) is 15.4. The SMILES string of the molecule is [Ac].[Ac].[Ac].[Ac].[NH-]C1C(O)C(O)C(CO)O[C@@H]1CCS(=O)c1ccccc1. The van der Waals surface area contributed by atoms with Gasteiger partial charge in [-0.25, -0.2) is 0 Å². The van der Waals surface area contributed by atoms with Gasteiger partial charge in [-0.1, -0.05) is 24.2 Å². The third-order valence-corrected chi connectivity index (χ3v) is 5.03. The molecule has 0 spiro atoms. The molecule has 1 heterocycles. The number of ether oxygens (including phenoxy) is 1. The first-order valence-corrected chi connectivity index (χ1v) is 8.13. The van der Waals surface area contributed by atoms with Crippen LogP contribution in [-0.2, 0) is 15.5 Å². The minimum atomic E-state index is -1.27. The van der Waals surface area contributed by atoms with E-state index in [4.69, 9.17) is 15.6 Å². The summed E-state index contributed by atoms with van der Waals surface area (Å²) in [6, 6.07) is 7.97. The molecule has 0 amide bonds. The number of hydrogen-bond donors (Lipinski definition) is 3. The third kappa shape index (κ3) is 10.9. The van der Waals surface area contributed by atoms with Crippen molar-refractivity contribution in [3.63, 3.8) is 0 Å². The molecule has 4 radical (unpaired) electrons. The van der Waals surface area contributed by atoms with Crippen LogP contribution in [0.25, 0.3) is 5.73 Å². The van der Waals surface area contributed by atoms with Gasteiger partial charge in [0.05, 0.1) is 23.5 Å². The van der Waals surface area contributed by atoms with E-state index in [1.165, 1.54) is 0 Å². The molecule has 4 N–H and O–H groups in total. The Morgan fingerprint density at radius 1 is 1.00 bits per heavy atom. The van der Waals surface area contributed by atoms with E-state index in [0.717, 1.165) is 0 Å². The van der Waals surface area contributed by atoms with Crippen molar-refractivity contribution in [3.05, 3.63) is 36.1 Å². The third-order valence-electron chi connectivity index (χ3n) is 3.62. The van der Waals surface area contributed by atoms with Gasteiger partial charge >= 0.3 is 0 Å². The van der Waals surface area contributed by atoms with Crippen LogP contribution in [0.2, 0.25) is 0 Å². The van der Waals surface area contributed by atoms with E-state index in [0.29, 0.717) is 17.1 Å². The van der Waals surface area contributed by atoms with Crippen LogP contribution < -0.4 is 0 Å². The Morgan fingerprint density at radius 3 is 2.08 bits per heavy atom. The van der Waals surface area contributed by atoms with Gasteiger partial charge in [-0.2, -0.15) is 0 Å². The molecule has 25 heavy (non-hydrogen) atoms. The molecule has 0 aliphatic carbocycles. The Balaban J connectivity index is -0.00000121. The first-order chi connectivity index (χ1) is 10.0. The minimum absolute atomic E-state index is 0. The standard InChI is InChI=1S/C14H20NO5S.4Ac/c15-12-10(20-11(8-16)13(17)14(12)18)6-7-21(19)9-4-2-1-3-5-9;;;;/h1-5,10-18H,6-8H2;;;;/q-1;;;;/t10-,11?,12?,13?,14?,21?;;;;/m1..../s1. The maximum atomic E-state index is 12.1. The number of aliphatic hydroxyl groups is 3. The van der Waals surface area contributed by atoms with Crippen LogP contribution >= 0.6 is 0 Å². The fourth-order valence-electron chi connectivity index (χ4n) is 2.35. The number of benzene rings is 1. The van der Waals surface area contributed by atoms with Crippen LogP contribution in [0, 0.1) is 176 Å². The predicted molar refractivity (Wildman–Crippen MR) is 78.2 cm³/mol. The molecule has 11 heteroatoms. The van der Waals surface area contributed by atoms with Crippen molar-refractivity contribution < 1.29 is 201 Å². The molecular formula is C14H20Ac4NO5S-. The normalized spacial score (nSPS) is 29.0. The molecular weight excluding hydrogens is 1200 g/mol. The number of hydrogen-bond acceptors (Lipinski definition) is 5. The predicted octanol–water partition coefficient (Wildman–Crippen LogP) is 0.0866. The summed E-state index contributed by atoms with van der Waals surface area (Å²) in [5.74, 6) is 0.297. The van der Waals surface area contributed by atoms with Gasteiger partial charge < -0.3 is 25.8 Å². The zero-order valence-electron chi connectivity index (χ0n) is 13.8. The average Bonchev–Trinajstić information content (AvgIpc) is 2.52. The minimum Gasteiger partial charge on any atom is -0.670 e. The molecule has 6 atom stereocenters. The average molecular weight is 1220 g/mol. The monoisotopic (exact) mass is 1220 g/mol. The quantitative estimate of drug-likeness (QED) is 0.388. The summed E-state index contributed by atoms with van der Waals surface area (Å²) in [6.45, 7) is -0.427. The van der Waals surface area contributed by atoms with Crippen LogP contribution in [0.4, 0.5) is 0 Å². The Morgan fingerprint density at radius 2 is 1.56 bits per heavy atom.